The minimum atomic E-state index is -2.65. The van der Waals surface area contributed by atoms with E-state index < -0.39 is 23.1 Å². The lowest BCUT2D eigenvalue weighted by atomic mass is 10.0. The van der Waals surface area contributed by atoms with Gasteiger partial charge in [-0.3, -0.25) is 4.90 Å². The highest BCUT2D eigenvalue weighted by Gasteiger charge is 2.25. The number of nitrogens with zero attached hydrogens (tertiary/aromatic N) is 5. The Morgan fingerprint density at radius 1 is 1.03 bits per heavy atom. The fraction of sp³-hybridized carbons (Fsp3) is 0.423. The van der Waals surface area contributed by atoms with E-state index in [1.165, 1.54) is 6.07 Å². The molecule has 2 aliphatic rings. The normalized spacial score (nSPS) is 17.8. The lowest BCUT2D eigenvalue weighted by Crippen LogP contribution is -2.48. The Labute approximate surface area is 209 Å². The van der Waals surface area contributed by atoms with Gasteiger partial charge in [-0.05, 0) is 48.8 Å². The number of piperazine rings is 1. The molecule has 0 amide bonds. The van der Waals surface area contributed by atoms with Crippen LogP contribution in [-0.4, -0.2) is 65.1 Å². The zero-order valence-corrected chi connectivity index (χ0v) is 20.3. The van der Waals surface area contributed by atoms with Crippen LogP contribution in [0.5, 0.6) is 0 Å². The maximum absolute atomic E-state index is 15.2. The van der Waals surface area contributed by atoms with Crippen LogP contribution in [0.1, 0.15) is 38.8 Å². The molecule has 190 valence electrons. The van der Waals surface area contributed by atoms with Crippen LogP contribution in [0.2, 0.25) is 0 Å². The molecule has 9 heteroatoms. The molecule has 2 aromatic carbocycles. The fourth-order valence-electron chi connectivity index (χ4n) is 4.11. The minimum Gasteiger partial charge on any atom is -0.306 e. The summed E-state index contributed by atoms with van der Waals surface area (Å²) in [6.45, 7) is 8.53. The molecule has 2 heterocycles. The first-order valence-corrected chi connectivity index (χ1v) is 12.7. The third-order valence-corrected chi connectivity index (χ3v) is 8.01. The van der Waals surface area contributed by atoms with Crippen molar-refractivity contribution in [1.29, 1.82) is 0 Å². The Hall–Kier alpha value is -2.49. The van der Waals surface area contributed by atoms with Crippen LogP contribution in [0.4, 0.5) is 18.9 Å². The lowest BCUT2D eigenvalue weighted by Gasteiger charge is -2.41. The zero-order chi connectivity index (χ0) is 24.2. The van der Waals surface area contributed by atoms with E-state index in [0.29, 0.717) is 29.4 Å². The van der Waals surface area contributed by atoms with Crippen molar-refractivity contribution in [2.45, 2.75) is 46.7 Å². The summed E-state index contributed by atoms with van der Waals surface area (Å²) in [6, 6.07) is 15.2. The Bertz CT molecular complexity index is 1080. The van der Waals surface area contributed by atoms with E-state index in [4.69, 9.17) is 0 Å². The molecule has 5 nitrogen and oxygen atoms in total. The van der Waals surface area contributed by atoms with Gasteiger partial charge in [0.25, 0.3) is 6.43 Å². The summed E-state index contributed by atoms with van der Waals surface area (Å²) in [5, 5.41) is 7.36. The summed E-state index contributed by atoms with van der Waals surface area (Å²) in [6.07, 6.45) is -2.71. The molecule has 0 radical (unpaired) electrons. The molecule has 1 atom stereocenters. The van der Waals surface area contributed by atoms with Gasteiger partial charge < -0.3 is 4.31 Å². The second-order valence-corrected chi connectivity index (χ2v) is 10.3. The van der Waals surface area contributed by atoms with Gasteiger partial charge in [-0.2, -0.15) is 10.2 Å². The largest absolute Gasteiger partial charge is 0.306 e. The van der Waals surface area contributed by atoms with Gasteiger partial charge in [-0.25, -0.2) is 17.5 Å². The summed E-state index contributed by atoms with van der Waals surface area (Å²) < 4.78 is 45.4. The predicted octanol–water partition coefficient (Wildman–Crippen LogP) is 5.84. The first-order chi connectivity index (χ1) is 16.3. The standard InChI is InChI=1S/C25H30F3N5S.CH4/c1-18(2)31-11-13-32(14-12-31)34(3)33(21-7-5-4-6-8-21)17-20-10-9-19(15-22(20)26)23-16-24(25(27)28)30-29-23;/h4-10,15,18,25H,3,11-14,16-17H2,1-2H3;1H4. The summed E-state index contributed by atoms with van der Waals surface area (Å²) in [4.78, 5) is 2.45. The number of benzene rings is 2. The average Bonchev–Trinajstić information content (AvgIpc) is 3.34. The van der Waals surface area contributed by atoms with Crippen molar-refractivity contribution in [3.8, 4) is 0 Å². The molecule has 2 aromatic rings. The van der Waals surface area contributed by atoms with Crippen LogP contribution in [0.15, 0.2) is 58.7 Å². The van der Waals surface area contributed by atoms with Crippen molar-refractivity contribution in [2.24, 2.45) is 10.2 Å². The van der Waals surface area contributed by atoms with E-state index in [1.54, 1.807) is 12.1 Å². The minimum absolute atomic E-state index is 0. The van der Waals surface area contributed by atoms with E-state index in [0.717, 1.165) is 31.9 Å². The molecule has 0 aliphatic carbocycles. The van der Waals surface area contributed by atoms with E-state index in [-0.39, 0.29) is 19.6 Å². The molecule has 1 saturated heterocycles. The molecule has 0 saturated carbocycles. The van der Waals surface area contributed by atoms with Crippen LogP contribution in [-0.2, 0) is 6.54 Å². The van der Waals surface area contributed by atoms with Crippen LogP contribution >= 0.6 is 10.9 Å². The number of para-hydroxylation sites is 1. The van der Waals surface area contributed by atoms with Crippen molar-refractivity contribution in [2.75, 3.05) is 30.5 Å². The molecule has 0 aromatic heterocycles. The number of hydrogen-bond acceptors (Lipinski definition) is 5. The van der Waals surface area contributed by atoms with Gasteiger partial charge in [0.15, 0.2) is 0 Å². The van der Waals surface area contributed by atoms with Crippen molar-refractivity contribution in [3.05, 3.63) is 65.5 Å². The van der Waals surface area contributed by atoms with E-state index in [9.17, 15) is 8.78 Å². The van der Waals surface area contributed by atoms with Gasteiger partial charge in [-0.1, -0.05) is 37.8 Å². The summed E-state index contributed by atoms with van der Waals surface area (Å²) in [7, 11) is -0.502. The second kappa shape index (κ2) is 12.0. The third-order valence-electron chi connectivity index (χ3n) is 6.20. The maximum atomic E-state index is 15.2. The highest BCUT2D eigenvalue weighted by atomic mass is 32.2. The first-order valence-electron chi connectivity index (χ1n) is 11.4. The van der Waals surface area contributed by atoms with E-state index in [2.05, 4.69) is 43.4 Å². The molecular formula is C26H34F3N5S. The van der Waals surface area contributed by atoms with Crippen molar-refractivity contribution in [3.63, 3.8) is 0 Å². The Kier molecular flexibility index (Phi) is 9.27. The number of anilines is 1. The highest BCUT2D eigenvalue weighted by Crippen LogP contribution is 2.33. The fourth-order valence-corrected chi connectivity index (χ4v) is 5.63. The molecule has 1 fully saturated rings. The van der Waals surface area contributed by atoms with E-state index in [1.807, 2.05) is 30.3 Å². The van der Waals surface area contributed by atoms with Crippen LogP contribution in [0, 0.1) is 5.82 Å². The molecule has 35 heavy (non-hydrogen) atoms. The van der Waals surface area contributed by atoms with Gasteiger partial charge in [-0.15, -0.1) is 0 Å². The SMILES string of the molecule is C.C=S(N1CCN(C(C)C)CC1)N(Cc1ccc(C2=NN=C(C(F)F)C2)cc1F)c1ccccc1. The van der Waals surface area contributed by atoms with Gasteiger partial charge in [0, 0.05) is 55.5 Å². The van der Waals surface area contributed by atoms with Crippen molar-refractivity contribution >= 4 is 33.8 Å². The third kappa shape index (κ3) is 6.39. The molecule has 4 rings (SSSR count). The summed E-state index contributed by atoms with van der Waals surface area (Å²) in [5.74, 6) is 4.08. The lowest BCUT2D eigenvalue weighted by molar-refractivity contribution is 0.160. The van der Waals surface area contributed by atoms with Gasteiger partial charge >= 0.3 is 0 Å². The highest BCUT2D eigenvalue weighted by molar-refractivity contribution is 8.13. The van der Waals surface area contributed by atoms with Crippen LogP contribution in [0.25, 0.3) is 0 Å². The number of halogens is 3. The van der Waals surface area contributed by atoms with Crippen molar-refractivity contribution in [1.82, 2.24) is 9.21 Å². The maximum Gasteiger partial charge on any atom is 0.278 e. The predicted molar refractivity (Wildman–Crippen MR) is 143 cm³/mol. The second-order valence-electron chi connectivity index (χ2n) is 8.69. The quantitative estimate of drug-likeness (QED) is 0.423. The number of rotatable bonds is 8. The molecule has 1 unspecified atom stereocenters. The molecular weight excluding hydrogens is 471 g/mol. The van der Waals surface area contributed by atoms with E-state index >= 15 is 4.39 Å². The molecule has 0 N–H and O–H groups in total. The van der Waals surface area contributed by atoms with Crippen LogP contribution in [0.3, 0.4) is 0 Å². The number of hydrogen-bond donors (Lipinski definition) is 0. The van der Waals surface area contributed by atoms with Gasteiger partial charge in [0.1, 0.15) is 11.5 Å². The summed E-state index contributed by atoms with van der Waals surface area (Å²) in [5.41, 5.74) is 2.05. The van der Waals surface area contributed by atoms with Crippen molar-refractivity contribution < 1.29 is 13.2 Å². The Balaban J connectivity index is 0.00000342. The molecule has 2 aliphatic heterocycles. The van der Waals surface area contributed by atoms with Gasteiger partial charge in [0.05, 0.1) is 12.3 Å². The monoisotopic (exact) mass is 505 g/mol. The molecule has 0 bridgehead atoms. The first kappa shape index (κ1) is 27.1. The Morgan fingerprint density at radius 3 is 2.29 bits per heavy atom. The van der Waals surface area contributed by atoms with Gasteiger partial charge in [0.2, 0.25) is 0 Å². The Morgan fingerprint density at radius 2 is 1.71 bits per heavy atom. The smallest absolute Gasteiger partial charge is 0.278 e. The zero-order valence-electron chi connectivity index (χ0n) is 19.5. The summed E-state index contributed by atoms with van der Waals surface area (Å²) >= 11 is 0. The number of alkyl halides is 2. The van der Waals surface area contributed by atoms with Crippen LogP contribution < -0.4 is 4.31 Å². The molecule has 0 spiro atoms. The average molecular weight is 506 g/mol. The topological polar surface area (TPSA) is 34.4 Å².